The van der Waals surface area contributed by atoms with Crippen molar-refractivity contribution < 1.29 is 9.47 Å². The summed E-state index contributed by atoms with van der Waals surface area (Å²) in [5, 5.41) is 0. The lowest BCUT2D eigenvalue weighted by molar-refractivity contribution is 0.413. The van der Waals surface area contributed by atoms with Crippen molar-refractivity contribution in [2.45, 2.75) is 20.8 Å². The SMILES string of the molecule is COc1ccc(OC#CC(C)(C)C)cc1. The van der Waals surface area contributed by atoms with Gasteiger partial charge in [-0.15, -0.1) is 0 Å². The van der Waals surface area contributed by atoms with E-state index in [2.05, 4.69) is 12.0 Å². The molecule has 0 saturated carbocycles. The molecule has 0 amide bonds. The standard InChI is InChI=1S/C13H16O2/c1-13(2,3)9-10-15-12-7-5-11(14-4)6-8-12/h5-8H,1-4H3. The highest BCUT2D eigenvalue weighted by molar-refractivity contribution is 5.32. The van der Waals surface area contributed by atoms with E-state index >= 15 is 0 Å². The van der Waals surface area contributed by atoms with Crippen LogP contribution in [0.4, 0.5) is 0 Å². The molecule has 0 N–H and O–H groups in total. The molecule has 0 heterocycles. The fourth-order valence-electron chi connectivity index (χ4n) is 0.881. The van der Waals surface area contributed by atoms with Crippen LogP contribution in [0.15, 0.2) is 24.3 Å². The molecule has 0 aliphatic heterocycles. The van der Waals surface area contributed by atoms with Gasteiger partial charge in [0.25, 0.3) is 0 Å². The van der Waals surface area contributed by atoms with E-state index in [4.69, 9.17) is 9.47 Å². The summed E-state index contributed by atoms with van der Waals surface area (Å²) in [6.07, 6.45) is 2.69. The number of rotatable bonds is 2. The number of hydrogen-bond donors (Lipinski definition) is 0. The second-order valence-electron chi connectivity index (χ2n) is 4.25. The van der Waals surface area contributed by atoms with Crippen LogP contribution in [0.25, 0.3) is 0 Å². The molecular formula is C13H16O2. The maximum Gasteiger partial charge on any atom is 0.140 e. The van der Waals surface area contributed by atoms with Crippen LogP contribution in [0.1, 0.15) is 20.8 Å². The average molecular weight is 204 g/mol. The number of ether oxygens (including phenoxy) is 2. The van der Waals surface area contributed by atoms with E-state index in [-0.39, 0.29) is 5.41 Å². The Morgan fingerprint density at radius 2 is 1.53 bits per heavy atom. The first kappa shape index (κ1) is 11.5. The molecule has 0 spiro atoms. The Morgan fingerprint density at radius 1 is 1.00 bits per heavy atom. The summed E-state index contributed by atoms with van der Waals surface area (Å²) in [6, 6.07) is 7.34. The second kappa shape index (κ2) is 4.75. The van der Waals surface area contributed by atoms with Crippen molar-refractivity contribution in [3.63, 3.8) is 0 Å². The van der Waals surface area contributed by atoms with Gasteiger partial charge < -0.3 is 9.47 Å². The zero-order chi connectivity index (χ0) is 11.3. The van der Waals surface area contributed by atoms with Crippen molar-refractivity contribution >= 4 is 0 Å². The first-order valence-corrected chi connectivity index (χ1v) is 4.84. The fourth-order valence-corrected chi connectivity index (χ4v) is 0.881. The zero-order valence-electron chi connectivity index (χ0n) is 9.63. The van der Waals surface area contributed by atoms with Crippen molar-refractivity contribution in [2.24, 2.45) is 5.41 Å². The molecular weight excluding hydrogens is 188 g/mol. The third kappa shape index (κ3) is 4.42. The normalized spacial score (nSPS) is 10.1. The zero-order valence-corrected chi connectivity index (χ0v) is 9.63. The van der Waals surface area contributed by atoms with Crippen molar-refractivity contribution in [1.29, 1.82) is 0 Å². The number of hydrogen-bond acceptors (Lipinski definition) is 2. The Labute approximate surface area is 91.2 Å². The van der Waals surface area contributed by atoms with Crippen LogP contribution in [0.5, 0.6) is 11.5 Å². The lowest BCUT2D eigenvalue weighted by Crippen LogP contribution is -2.00. The third-order valence-electron chi connectivity index (χ3n) is 1.65. The minimum absolute atomic E-state index is 0.0352. The number of benzene rings is 1. The van der Waals surface area contributed by atoms with Crippen LogP contribution in [-0.2, 0) is 0 Å². The maximum atomic E-state index is 5.26. The topological polar surface area (TPSA) is 18.5 Å². The Kier molecular flexibility index (Phi) is 3.62. The second-order valence-corrected chi connectivity index (χ2v) is 4.25. The molecule has 2 nitrogen and oxygen atoms in total. The molecule has 1 aromatic rings. The lowest BCUT2D eigenvalue weighted by Gasteiger charge is -2.06. The molecule has 1 aromatic carbocycles. The van der Waals surface area contributed by atoms with Crippen LogP contribution in [-0.4, -0.2) is 7.11 Å². The molecule has 0 bridgehead atoms. The average Bonchev–Trinajstić information content (AvgIpc) is 2.17. The van der Waals surface area contributed by atoms with Crippen LogP contribution in [0, 0.1) is 17.4 Å². The Morgan fingerprint density at radius 3 is 2.00 bits per heavy atom. The molecule has 0 fully saturated rings. The van der Waals surface area contributed by atoms with Crippen molar-refractivity contribution in [1.82, 2.24) is 0 Å². The van der Waals surface area contributed by atoms with Gasteiger partial charge in [-0.25, -0.2) is 0 Å². The predicted octanol–water partition coefficient (Wildman–Crippen LogP) is 3.08. The molecule has 0 radical (unpaired) electrons. The molecule has 0 aliphatic carbocycles. The first-order chi connectivity index (χ1) is 7.01. The van der Waals surface area contributed by atoms with Crippen LogP contribution < -0.4 is 9.47 Å². The van der Waals surface area contributed by atoms with Crippen molar-refractivity contribution in [3.05, 3.63) is 24.3 Å². The van der Waals surface area contributed by atoms with Gasteiger partial charge in [0.05, 0.1) is 7.11 Å². The van der Waals surface area contributed by atoms with Gasteiger partial charge in [0.1, 0.15) is 17.6 Å². The van der Waals surface area contributed by atoms with Gasteiger partial charge in [-0.05, 0) is 45.0 Å². The van der Waals surface area contributed by atoms with E-state index in [0.717, 1.165) is 11.5 Å². The molecule has 0 aliphatic rings. The van der Waals surface area contributed by atoms with Crippen molar-refractivity contribution in [3.8, 4) is 23.5 Å². The van der Waals surface area contributed by atoms with E-state index in [9.17, 15) is 0 Å². The summed E-state index contributed by atoms with van der Waals surface area (Å²) in [4.78, 5) is 0. The van der Waals surface area contributed by atoms with Gasteiger partial charge in [-0.1, -0.05) is 5.92 Å². The highest BCUT2D eigenvalue weighted by Crippen LogP contribution is 2.17. The summed E-state index contributed by atoms with van der Waals surface area (Å²) >= 11 is 0. The van der Waals surface area contributed by atoms with Gasteiger partial charge >= 0.3 is 0 Å². The summed E-state index contributed by atoms with van der Waals surface area (Å²) in [6.45, 7) is 6.12. The Hall–Kier alpha value is -1.62. The lowest BCUT2D eigenvalue weighted by atomic mass is 9.99. The van der Waals surface area contributed by atoms with Crippen LogP contribution in [0.3, 0.4) is 0 Å². The molecule has 0 atom stereocenters. The van der Waals surface area contributed by atoms with Gasteiger partial charge in [-0.3, -0.25) is 0 Å². The molecule has 15 heavy (non-hydrogen) atoms. The van der Waals surface area contributed by atoms with Gasteiger partial charge in [0.2, 0.25) is 0 Å². The van der Waals surface area contributed by atoms with Crippen molar-refractivity contribution in [2.75, 3.05) is 7.11 Å². The summed E-state index contributed by atoms with van der Waals surface area (Å²) in [5.41, 5.74) is -0.0352. The summed E-state index contributed by atoms with van der Waals surface area (Å²) < 4.78 is 10.3. The predicted molar refractivity (Wildman–Crippen MR) is 60.9 cm³/mol. The van der Waals surface area contributed by atoms with Crippen LogP contribution in [0.2, 0.25) is 0 Å². The van der Waals surface area contributed by atoms with Gasteiger partial charge in [0, 0.05) is 5.41 Å². The maximum absolute atomic E-state index is 5.26. The van der Waals surface area contributed by atoms with E-state index in [1.165, 1.54) is 0 Å². The Bertz CT molecular complexity index is 360. The van der Waals surface area contributed by atoms with Gasteiger partial charge in [-0.2, -0.15) is 0 Å². The van der Waals surface area contributed by atoms with E-state index in [0.29, 0.717) is 0 Å². The largest absolute Gasteiger partial charge is 0.497 e. The quantitative estimate of drug-likeness (QED) is 0.689. The molecule has 0 saturated heterocycles. The first-order valence-electron chi connectivity index (χ1n) is 4.84. The minimum Gasteiger partial charge on any atom is -0.497 e. The summed E-state index contributed by atoms with van der Waals surface area (Å²) in [5.74, 6) is 4.54. The van der Waals surface area contributed by atoms with E-state index < -0.39 is 0 Å². The van der Waals surface area contributed by atoms with Gasteiger partial charge in [0.15, 0.2) is 0 Å². The van der Waals surface area contributed by atoms with Crippen LogP contribution >= 0.6 is 0 Å². The Balaban J connectivity index is 2.61. The number of methoxy groups -OCH3 is 1. The minimum atomic E-state index is -0.0352. The smallest absolute Gasteiger partial charge is 0.140 e. The monoisotopic (exact) mass is 204 g/mol. The summed E-state index contributed by atoms with van der Waals surface area (Å²) in [7, 11) is 1.63. The molecule has 0 unspecified atom stereocenters. The highest BCUT2D eigenvalue weighted by Gasteiger charge is 2.03. The van der Waals surface area contributed by atoms with E-state index in [1.54, 1.807) is 7.11 Å². The molecule has 1 rings (SSSR count). The molecule has 80 valence electrons. The fraction of sp³-hybridized carbons (Fsp3) is 0.385. The highest BCUT2D eigenvalue weighted by atomic mass is 16.5. The third-order valence-corrected chi connectivity index (χ3v) is 1.65. The molecule has 0 aromatic heterocycles. The van der Waals surface area contributed by atoms with E-state index in [1.807, 2.05) is 45.0 Å². The molecule has 2 heteroatoms.